The van der Waals surface area contributed by atoms with Crippen LogP contribution in [-0.2, 0) is 6.54 Å². The lowest BCUT2D eigenvalue weighted by atomic mass is 9.86. The summed E-state index contributed by atoms with van der Waals surface area (Å²) in [6, 6.07) is -0.190. The Bertz CT molecular complexity index is 449. The zero-order valence-electron chi connectivity index (χ0n) is 12.0. The molecule has 1 aromatic heterocycles. The summed E-state index contributed by atoms with van der Waals surface area (Å²) in [7, 11) is 1.73. The number of nitrogens with zero attached hydrogens (tertiary/aromatic N) is 3. The van der Waals surface area contributed by atoms with Crippen molar-refractivity contribution in [2.45, 2.75) is 45.3 Å². The summed E-state index contributed by atoms with van der Waals surface area (Å²) in [5.41, 5.74) is 0. The minimum absolute atomic E-state index is 0.173. The van der Waals surface area contributed by atoms with E-state index in [9.17, 15) is 9.90 Å². The average molecular weight is 282 g/mol. The molecule has 2 N–H and O–H groups in total. The molecule has 0 saturated heterocycles. The second kappa shape index (κ2) is 6.69. The molecule has 0 spiro atoms. The number of carbonyl (C=O) groups is 1. The zero-order valence-corrected chi connectivity index (χ0v) is 12.0. The van der Waals surface area contributed by atoms with E-state index in [1.54, 1.807) is 18.9 Å². The quantitative estimate of drug-likeness (QED) is 0.862. The highest BCUT2D eigenvalue weighted by Gasteiger charge is 2.25. The first-order valence-corrected chi connectivity index (χ1v) is 7.02. The Balaban J connectivity index is 1.76. The number of aliphatic hydroxyl groups is 1. The van der Waals surface area contributed by atoms with Gasteiger partial charge in [0.25, 0.3) is 0 Å². The van der Waals surface area contributed by atoms with E-state index in [2.05, 4.69) is 15.5 Å². The molecule has 2 amide bonds. The maximum Gasteiger partial charge on any atom is 0.317 e. The topological polar surface area (TPSA) is 91.5 Å². The van der Waals surface area contributed by atoms with E-state index < -0.39 is 0 Å². The number of amides is 2. The molecule has 2 unspecified atom stereocenters. The fraction of sp³-hybridized carbons (Fsp3) is 0.769. The minimum Gasteiger partial charge on any atom is -0.393 e. The number of carbonyl (C=O) groups excluding carboxylic acids is 1. The molecular formula is C13H22N4O3. The predicted molar refractivity (Wildman–Crippen MR) is 71.9 cm³/mol. The van der Waals surface area contributed by atoms with Crippen LogP contribution in [0.25, 0.3) is 0 Å². The van der Waals surface area contributed by atoms with E-state index >= 15 is 0 Å². The Morgan fingerprint density at radius 1 is 1.50 bits per heavy atom. The summed E-state index contributed by atoms with van der Waals surface area (Å²) < 4.78 is 4.83. The van der Waals surface area contributed by atoms with Gasteiger partial charge in [0.1, 0.15) is 0 Å². The zero-order chi connectivity index (χ0) is 14.5. The van der Waals surface area contributed by atoms with Crippen LogP contribution in [0.5, 0.6) is 0 Å². The van der Waals surface area contributed by atoms with E-state index in [1.165, 1.54) is 0 Å². The lowest BCUT2D eigenvalue weighted by Crippen LogP contribution is -2.42. The monoisotopic (exact) mass is 282 g/mol. The maximum absolute atomic E-state index is 12.0. The van der Waals surface area contributed by atoms with E-state index in [0.717, 1.165) is 25.7 Å². The first-order chi connectivity index (χ1) is 9.56. The molecular weight excluding hydrogens is 260 g/mol. The van der Waals surface area contributed by atoms with Crippen LogP contribution in [0, 0.1) is 12.8 Å². The van der Waals surface area contributed by atoms with Crippen LogP contribution in [0.15, 0.2) is 4.52 Å². The molecule has 112 valence electrons. The largest absolute Gasteiger partial charge is 0.393 e. The van der Waals surface area contributed by atoms with Crippen LogP contribution < -0.4 is 5.32 Å². The highest BCUT2D eigenvalue weighted by atomic mass is 16.5. The van der Waals surface area contributed by atoms with E-state index in [4.69, 9.17) is 4.52 Å². The molecule has 0 radical (unpaired) electrons. The number of rotatable bonds is 4. The maximum atomic E-state index is 12.0. The number of hydrogen-bond acceptors (Lipinski definition) is 5. The lowest BCUT2D eigenvalue weighted by molar-refractivity contribution is 0.0564. The van der Waals surface area contributed by atoms with Gasteiger partial charge in [-0.05, 0) is 12.8 Å². The van der Waals surface area contributed by atoms with Crippen molar-refractivity contribution in [2.75, 3.05) is 13.6 Å². The first-order valence-electron chi connectivity index (χ1n) is 7.02. The fourth-order valence-corrected chi connectivity index (χ4v) is 2.54. The summed E-state index contributed by atoms with van der Waals surface area (Å²) in [6.45, 7) is 2.51. The normalized spacial score (nSPS) is 22.6. The van der Waals surface area contributed by atoms with Crippen LogP contribution >= 0.6 is 0 Å². The van der Waals surface area contributed by atoms with Gasteiger partial charge in [-0.15, -0.1) is 0 Å². The predicted octanol–water partition coefficient (Wildman–Crippen LogP) is 1.07. The molecule has 1 aliphatic carbocycles. The van der Waals surface area contributed by atoms with Crippen LogP contribution in [-0.4, -0.2) is 45.9 Å². The van der Waals surface area contributed by atoms with Gasteiger partial charge in [0.2, 0.25) is 5.89 Å². The van der Waals surface area contributed by atoms with Gasteiger partial charge in [-0.25, -0.2) is 4.79 Å². The summed E-state index contributed by atoms with van der Waals surface area (Å²) >= 11 is 0. The molecule has 1 aliphatic rings. The molecule has 1 fully saturated rings. The smallest absolute Gasteiger partial charge is 0.317 e. The Labute approximate surface area is 118 Å². The third-order valence-corrected chi connectivity index (χ3v) is 3.69. The van der Waals surface area contributed by atoms with Crippen LogP contribution in [0.1, 0.15) is 37.4 Å². The molecule has 7 heteroatoms. The number of urea groups is 1. The van der Waals surface area contributed by atoms with E-state index in [1.807, 2.05) is 0 Å². The number of aliphatic hydroxyl groups excluding tert-OH is 1. The summed E-state index contributed by atoms with van der Waals surface area (Å²) in [6.07, 6.45) is 3.72. The summed E-state index contributed by atoms with van der Waals surface area (Å²) in [4.78, 5) is 17.6. The van der Waals surface area contributed by atoms with Crippen LogP contribution in [0.2, 0.25) is 0 Å². The highest BCUT2D eigenvalue weighted by Crippen LogP contribution is 2.24. The molecule has 1 aromatic rings. The number of aryl methyl sites for hydroxylation is 1. The number of nitrogens with one attached hydrogen (secondary N) is 1. The standard InChI is InChI=1S/C13H22N4O3/c1-9-15-12(16-20-9)7-14-13(19)17(2)8-10-5-3-4-6-11(10)18/h10-11,18H,3-8H2,1-2H3,(H,14,19). The van der Waals surface area contributed by atoms with Gasteiger partial charge in [0, 0.05) is 26.4 Å². The van der Waals surface area contributed by atoms with Crippen LogP contribution in [0.3, 0.4) is 0 Å². The van der Waals surface area contributed by atoms with Gasteiger partial charge in [-0.1, -0.05) is 18.0 Å². The van der Waals surface area contributed by atoms with Gasteiger partial charge >= 0.3 is 6.03 Å². The molecule has 0 aromatic carbocycles. The third-order valence-electron chi connectivity index (χ3n) is 3.69. The summed E-state index contributed by atoms with van der Waals surface area (Å²) in [5, 5.41) is 16.4. The van der Waals surface area contributed by atoms with E-state index in [-0.39, 0.29) is 24.6 Å². The van der Waals surface area contributed by atoms with Gasteiger partial charge in [-0.2, -0.15) is 4.98 Å². The van der Waals surface area contributed by atoms with Gasteiger partial charge < -0.3 is 19.8 Å². The van der Waals surface area contributed by atoms with Crippen molar-refractivity contribution in [1.29, 1.82) is 0 Å². The van der Waals surface area contributed by atoms with Crippen molar-refractivity contribution in [2.24, 2.45) is 5.92 Å². The molecule has 0 aliphatic heterocycles. The number of hydrogen-bond donors (Lipinski definition) is 2. The SMILES string of the molecule is Cc1nc(CNC(=O)N(C)CC2CCCCC2O)no1. The van der Waals surface area contributed by atoms with Gasteiger partial charge in [-0.3, -0.25) is 0 Å². The highest BCUT2D eigenvalue weighted by molar-refractivity contribution is 5.73. The Hall–Kier alpha value is -1.63. The fourth-order valence-electron chi connectivity index (χ4n) is 2.54. The molecule has 2 rings (SSSR count). The minimum atomic E-state index is -0.293. The van der Waals surface area contributed by atoms with Crippen molar-refractivity contribution >= 4 is 6.03 Å². The van der Waals surface area contributed by atoms with E-state index in [0.29, 0.717) is 18.3 Å². The molecule has 1 saturated carbocycles. The van der Waals surface area contributed by atoms with Crippen molar-refractivity contribution in [3.8, 4) is 0 Å². The van der Waals surface area contributed by atoms with Gasteiger partial charge in [0.15, 0.2) is 5.82 Å². The number of aromatic nitrogens is 2. The Morgan fingerprint density at radius 2 is 2.25 bits per heavy atom. The van der Waals surface area contributed by atoms with Crippen molar-refractivity contribution in [3.63, 3.8) is 0 Å². The lowest BCUT2D eigenvalue weighted by Gasteiger charge is -2.31. The Morgan fingerprint density at radius 3 is 2.90 bits per heavy atom. The van der Waals surface area contributed by atoms with Crippen molar-refractivity contribution in [3.05, 3.63) is 11.7 Å². The first kappa shape index (κ1) is 14.8. The second-order valence-electron chi connectivity index (χ2n) is 5.38. The molecule has 20 heavy (non-hydrogen) atoms. The molecule has 0 bridgehead atoms. The van der Waals surface area contributed by atoms with Crippen molar-refractivity contribution in [1.82, 2.24) is 20.4 Å². The average Bonchev–Trinajstić information content (AvgIpc) is 2.84. The van der Waals surface area contributed by atoms with Crippen molar-refractivity contribution < 1.29 is 14.4 Å². The molecule has 1 heterocycles. The third kappa shape index (κ3) is 3.93. The second-order valence-corrected chi connectivity index (χ2v) is 5.38. The van der Waals surface area contributed by atoms with Crippen LogP contribution in [0.4, 0.5) is 4.79 Å². The summed E-state index contributed by atoms with van der Waals surface area (Å²) in [5.74, 6) is 1.11. The Kier molecular flexibility index (Phi) is 4.94. The molecule has 7 nitrogen and oxygen atoms in total. The molecule has 2 atom stereocenters. The van der Waals surface area contributed by atoms with Gasteiger partial charge in [0.05, 0.1) is 12.6 Å².